The zero-order chi connectivity index (χ0) is 21.9. The summed E-state index contributed by atoms with van der Waals surface area (Å²) in [7, 11) is -4.17. The number of sulfonamides is 1. The van der Waals surface area contributed by atoms with Crippen molar-refractivity contribution in [1.29, 1.82) is 0 Å². The average Bonchev–Trinajstić information content (AvgIpc) is 2.68. The van der Waals surface area contributed by atoms with E-state index in [-0.39, 0.29) is 27.5 Å². The lowest BCUT2D eigenvalue weighted by Crippen LogP contribution is -2.18. The number of carboxylic acid groups (broad SMARTS) is 1. The minimum absolute atomic E-state index is 0.0157. The number of nitrogens with zero attached hydrogens (tertiary/aromatic N) is 1. The van der Waals surface area contributed by atoms with Crippen molar-refractivity contribution in [2.24, 2.45) is 0 Å². The van der Waals surface area contributed by atoms with E-state index < -0.39 is 27.6 Å². The average molecular weight is 450 g/mol. The zero-order valence-electron chi connectivity index (χ0n) is 15.6. The topological polar surface area (TPSA) is 96.4 Å². The Bertz CT molecular complexity index is 1180. The molecule has 30 heavy (non-hydrogen) atoms. The highest BCUT2D eigenvalue weighted by Crippen LogP contribution is 2.26. The van der Waals surface area contributed by atoms with Crippen LogP contribution in [0, 0.1) is 18.6 Å². The number of thioether (sulfide) groups is 1. The SMILES string of the molecule is Cc1cccc(S(=O)(=O)Nc2ccc(SCc3c(F)cccc3F)nc2)c1C(=O)O. The number of carboxylic acids is 1. The van der Waals surface area contributed by atoms with E-state index in [9.17, 15) is 27.1 Å². The van der Waals surface area contributed by atoms with Crippen molar-refractivity contribution < 1.29 is 27.1 Å². The summed E-state index contributed by atoms with van der Waals surface area (Å²) in [4.78, 5) is 15.2. The molecule has 0 atom stereocenters. The number of hydrogen-bond acceptors (Lipinski definition) is 5. The number of aromatic carboxylic acids is 1. The molecule has 156 valence electrons. The molecule has 0 bridgehead atoms. The lowest BCUT2D eigenvalue weighted by atomic mass is 10.1. The summed E-state index contributed by atoms with van der Waals surface area (Å²) in [5.41, 5.74) is 0.0525. The van der Waals surface area contributed by atoms with Crippen molar-refractivity contribution in [2.45, 2.75) is 22.6 Å². The highest BCUT2D eigenvalue weighted by molar-refractivity contribution is 7.98. The predicted octanol–water partition coefficient (Wildman–Crippen LogP) is 4.46. The molecule has 0 spiro atoms. The van der Waals surface area contributed by atoms with Gasteiger partial charge in [-0.05, 0) is 42.8 Å². The minimum atomic E-state index is -4.17. The van der Waals surface area contributed by atoms with Crippen LogP contribution in [0.4, 0.5) is 14.5 Å². The third kappa shape index (κ3) is 4.77. The van der Waals surface area contributed by atoms with E-state index in [4.69, 9.17) is 0 Å². The van der Waals surface area contributed by atoms with Gasteiger partial charge in [0.05, 0.1) is 22.5 Å². The van der Waals surface area contributed by atoms with Gasteiger partial charge in [-0.15, -0.1) is 11.8 Å². The quantitative estimate of drug-likeness (QED) is 0.516. The Kier molecular flexibility index (Phi) is 6.37. The molecule has 2 N–H and O–H groups in total. The van der Waals surface area contributed by atoms with Crippen LogP contribution < -0.4 is 4.72 Å². The van der Waals surface area contributed by atoms with Gasteiger partial charge < -0.3 is 5.11 Å². The Morgan fingerprint density at radius 3 is 2.37 bits per heavy atom. The number of anilines is 1. The third-order valence-corrected chi connectivity index (χ3v) is 6.55. The van der Waals surface area contributed by atoms with E-state index in [1.807, 2.05) is 0 Å². The summed E-state index contributed by atoms with van der Waals surface area (Å²) in [6.07, 6.45) is 1.24. The van der Waals surface area contributed by atoms with Crippen molar-refractivity contribution in [2.75, 3.05) is 4.72 Å². The molecule has 3 rings (SSSR count). The van der Waals surface area contributed by atoms with E-state index in [0.717, 1.165) is 11.8 Å². The van der Waals surface area contributed by atoms with Crippen LogP contribution in [-0.4, -0.2) is 24.5 Å². The molecule has 0 saturated heterocycles. The van der Waals surface area contributed by atoms with Crippen LogP contribution in [0.25, 0.3) is 0 Å². The maximum atomic E-state index is 13.7. The first-order chi connectivity index (χ1) is 14.2. The van der Waals surface area contributed by atoms with Gasteiger partial charge in [0, 0.05) is 11.3 Å². The van der Waals surface area contributed by atoms with Gasteiger partial charge in [0.1, 0.15) is 16.5 Å². The molecule has 1 heterocycles. The van der Waals surface area contributed by atoms with Gasteiger partial charge in [-0.2, -0.15) is 0 Å². The Hall–Kier alpha value is -2.98. The molecule has 1 aromatic heterocycles. The summed E-state index contributed by atoms with van der Waals surface area (Å²) < 4.78 is 55.0. The number of halogens is 2. The van der Waals surface area contributed by atoms with Crippen LogP contribution in [0.1, 0.15) is 21.5 Å². The number of benzene rings is 2. The van der Waals surface area contributed by atoms with E-state index in [2.05, 4.69) is 9.71 Å². The number of pyridine rings is 1. The predicted molar refractivity (Wildman–Crippen MR) is 109 cm³/mol. The first-order valence-corrected chi connectivity index (χ1v) is 11.0. The molecule has 0 aliphatic heterocycles. The molecule has 6 nitrogen and oxygen atoms in total. The van der Waals surface area contributed by atoms with Crippen molar-refractivity contribution in [3.8, 4) is 0 Å². The lowest BCUT2D eigenvalue weighted by Gasteiger charge is -2.12. The fourth-order valence-electron chi connectivity index (χ4n) is 2.69. The molecule has 0 amide bonds. The Labute approximate surface area is 176 Å². The van der Waals surface area contributed by atoms with Crippen LogP contribution in [0.5, 0.6) is 0 Å². The second-order valence-electron chi connectivity index (χ2n) is 6.23. The van der Waals surface area contributed by atoms with Crippen LogP contribution in [0.15, 0.2) is 64.6 Å². The zero-order valence-corrected chi connectivity index (χ0v) is 17.2. The van der Waals surface area contributed by atoms with Gasteiger partial charge in [0.15, 0.2) is 0 Å². The minimum Gasteiger partial charge on any atom is -0.478 e. The summed E-state index contributed by atoms with van der Waals surface area (Å²) >= 11 is 1.09. The molecular formula is C20H16F2N2O4S2. The van der Waals surface area contributed by atoms with Gasteiger partial charge in [0.25, 0.3) is 10.0 Å². The van der Waals surface area contributed by atoms with Crippen molar-refractivity contribution >= 4 is 33.4 Å². The van der Waals surface area contributed by atoms with Gasteiger partial charge in [-0.3, -0.25) is 4.72 Å². The molecule has 0 radical (unpaired) electrons. The highest BCUT2D eigenvalue weighted by atomic mass is 32.2. The number of nitrogens with one attached hydrogen (secondary N) is 1. The van der Waals surface area contributed by atoms with E-state index in [1.165, 1.54) is 61.7 Å². The smallest absolute Gasteiger partial charge is 0.337 e. The number of rotatable bonds is 7. The molecule has 0 unspecified atom stereocenters. The lowest BCUT2D eigenvalue weighted by molar-refractivity contribution is 0.0692. The van der Waals surface area contributed by atoms with Gasteiger partial charge in [-0.1, -0.05) is 18.2 Å². The van der Waals surface area contributed by atoms with Crippen LogP contribution in [0.2, 0.25) is 0 Å². The highest BCUT2D eigenvalue weighted by Gasteiger charge is 2.24. The number of aryl methyl sites for hydroxylation is 1. The molecule has 2 aromatic carbocycles. The van der Waals surface area contributed by atoms with Crippen LogP contribution in [0.3, 0.4) is 0 Å². The first kappa shape index (κ1) is 21.7. The molecule has 0 aliphatic carbocycles. The normalized spacial score (nSPS) is 11.3. The van der Waals surface area contributed by atoms with Gasteiger partial charge in [0.2, 0.25) is 0 Å². The Morgan fingerprint density at radius 2 is 1.77 bits per heavy atom. The molecule has 3 aromatic rings. The fourth-order valence-corrected chi connectivity index (χ4v) is 4.87. The standard InChI is InChI=1S/C20H16F2N2O4S2/c1-12-4-2-7-17(19(12)20(25)26)30(27,28)24-13-8-9-18(23-10-13)29-11-14-15(21)5-3-6-16(14)22/h2-10,24H,11H2,1H3,(H,25,26). The van der Waals surface area contributed by atoms with Gasteiger partial charge in [-0.25, -0.2) is 27.0 Å². The molecule has 10 heteroatoms. The second-order valence-corrected chi connectivity index (χ2v) is 8.88. The maximum Gasteiger partial charge on any atom is 0.337 e. The Balaban J connectivity index is 1.76. The summed E-state index contributed by atoms with van der Waals surface area (Å²) in [6.45, 7) is 1.51. The molecule has 0 aliphatic rings. The monoisotopic (exact) mass is 450 g/mol. The van der Waals surface area contributed by atoms with Gasteiger partial charge >= 0.3 is 5.97 Å². The maximum absolute atomic E-state index is 13.7. The van der Waals surface area contributed by atoms with E-state index in [0.29, 0.717) is 10.6 Å². The van der Waals surface area contributed by atoms with Crippen LogP contribution >= 0.6 is 11.8 Å². The summed E-state index contributed by atoms with van der Waals surface area (Å²) in [5, 5.41) is 9.78. The molecular weight excluding hydrogens is 434 g/mol. The molecule has 0 fully saturated rings. The first-order valence-electron chi connectivity index (χ1n) is 8.56. The molecule has 0 saturated carbocycles. The van der Waals surface area contributed by atoms with Crippen molar-refractivity contribution in [3.05, 3.63) is 83.1 Å². The number of hydrogen-bond donors (Lipinski definition) is 2. The fraction of sp³-hybridized carbons (Fsp3) is 0.100. The van der Waals surface area contributed by atoms with Crippen LogP contribution in [-0.2, 0) is 15.8 Å². The van der Waals surface area contributed by atoms with Crippen molar-refractivity contribution in [3.63, 3.8) is 0 Å². The van der Waals surface area contributed by atoms with Crippen molar-refractivity contribution in [1.82, 2.24) is 4.98 Å². The number of carbonyl (C=O) groups is 1. The largest absolute Gasteiger partial charge is 0.478 e. The number of aromatic nitrogens is 1. The van der Waals surface area contributed by atoms with E-state index in [1.54, 1.807) is 0 Å². The Morgan fingerprint density at radius 1 is 1.10 bits per heavy atom. The van der Waals surface area contributed by atoms with E-state index >= 15 is 0 Å². The second kappa shape index (κ2) is 8.80. The summed E-state index contributed by atoms with van der Waals surface area (Å²) in [5.74, 6) is -2.64. The summed E-state index contributed by atoms with van der Waals surface area (Å²) in [6, 6.07) is 10.7. The third-order valence-electron chi connectivity index (χ3n) is 4.15.